The molecule has 0 bridgehead atoms. The largest absolute Gasteiger partial charge is 0.378 e. The zero-order valence-electron chi connectivity index (χ0n) is 15.3. The molecule has 3 rings (SSSR count). The highest BCUT2D eigenvalue weighted by Crippen LogP contribution is 2.27. The van der Waals surface area contributed by atoms with E-state index in [-0.39, 0.29) is 11.9 Å². The van der Waals surface area contributed by atoms with Crippen molar-refractivity contribution in [1.82, 2.24) is 15.1 Å². The molecule has 0 spiro atoms. The van der Waals surface area contributed by atoms with Crippen LogP contribution in [-0.2, 0) is 9.53 Å². The molecule has 1 aromatic rings. The van der Waals surface area contributed by atoms with Gasteiger partial charge in [-0.25, -0.2) is 4.79 Å². The zero-order chi connectivity index (χ0) is 19.4. The van der Waals surface area contributed by atoms with Gasteiger partial charge in [-0.3, -0.25) is 4.79 Å². The van der Waals surface area contributed by atoms with Crippen molar-refractivity contribution in [2.45, 2.75) is 13.0 Å². The van der Waals surface area contributed by atoms with E-state index in [1.807, 2.05) is 12.1 Å². The average Bonchev–Trinajstić information content (AvgIpc) is 2.70. The minimum absolute atomic E-state index is 0.0684. The summed E-state index contributed by atoms with van der Waals surface area (Å²) in [6.07, 6.45) is 0. The van der Waals surface area contributed by atoms with Gasteiger partial charge in [0.25, 0.3) is 0 Å². The molecule has 2 aliphatic heterocycles. The van der Waals surface area contributed by atoms with Crippen molar-refractivity contribution in [2.75, 3.05) is 57.4 Å². The van der Waals surface area contributed by atoms with E-state index in [0.717, 1.165) is 5.69 Å². The van der Waals surface area contributed by atoms with Gasteiger partial charge in [0.15, 0.2) is 0 Å². The van der Waals surface area contributed by atoms with Gasteiger partial charge < -0.3 is 24.8 Å². The maximum absolute atomic E-state index is 12.5. The van der Waals surface area contributed by atoms with Crippen molar-refractivity contribution in [1.29, 1.82) is 0 Å². The molecule has 1 unspecified atom stereocenters. The number of nitrogens with one attached hydrogen (secondary N) is 1. The number of anilines is 1. The summed E-state index contributed by atoms with van der Waals surface area (Å²) in [5.41, 5.74) is 0.986. The van der Waals surface area contributed by atoms with Crippen molar-refractivity contribution >= 4 is 40.8 Å². The smallest absolute Gasteiger partial charge is 0.318 e. The fraction of sp³-hybridized carbons (Fsp3) is 0.556. The highest BCUT2D eigenvalue weighted by molar-refractivity contribution is 6.42. The van der Waals surface area contributed by atoms with Crippen LogP contribution >= 0.6 is 23.2 Å². The van der Waals surface area contributed by atoms with Gasteiger partial charge in [-0.05, 0) is 25.1 Å². The van der Waals surface area contributed by atoms with Gasteiger partial charge in [-0.1, -0.05) is 23.2 Å². The molecule has 2 fully saturated rings. The van der Waals surface area contributed by atoms with Crippen molar-refractivity contribution in [3.63, 3.8) is 0 Å². The summed E-state index contributed by atoms with van der Waals surface area (Å²) in [5.74, 6) is -0.0684. The molecule has 2 saturated heterocycles. The zero-order valence-corrected chi connectivity index (χ0v) is 16.8. The lowest BCUT2D eigenvalue weighted by Crippen LogP contribution is -2.56. The Balaban J connectivity index is 1.49. The molecule has 0 saturated carbocycles. The number of carbonyl (C=O) groups is 2. The monoisotopic (exact) mass is 414 g/mol. The highest BCUT2D eigenvalue weighted by atomic mass is 35.5. The first-order chi connectivity index (χ1) is 13.0. The van der Waals surface area contributed by atoms with Crippen molar-refractivity contribution in [3.8, 4) is 0 Å². The molecule has 3 amide bonds. The van der Waals surface area contributed by atoms with E-state index in [1.165, 1.54) is 0 Å². The average molecular weight is 415 g/mol. The first-order valence-corrected chi connectivity index (χ1v) is 9.83. The van der Waals surface area contributed by atoms with Crippen LogP contribution in [0.4, 0.5) is 10.5 Å². The van der Waals surface area contributed by atoms with Crippen molar-refractivity contribution in [3.05, 3.63) is 28.2 Å². The maximum Gasteiger partial charge on any atom is 0.318 e. The third-order valence-electron chi connectivity index (χ3n) is 4.87. The van der Waals surface area contributed by atoms with Crippen LogP contribution in [0.1, 0.15) is 6.92 Å². The quantitative estimate of drug-likeness (QED) is 0.821. The Morgan fingerprint density at radius 1 is 1.00 bits per heavy atom. The lowest BCUT2D eigenvalue weighted by Gasteiger charge is -2.37. The summed E-state index contributed by atoms with van der Waals surface area (Å²) >= 11 is 12.1. The summed E-state index contributed by atoms with van der Waals surface area (Å²) in [4.78, 5) is 30.5. The maximum atomic E-state index is 12.5. The van der Waals surface area contributed by atoms with Crippen LogP contribution in [0, 0.1) is 0 Å². The molecule has 2 heterocycles. The van der Waals surface area contributed by atoms with Crippen LogP contribution < -0.4 is 10.2 Å². The number of hydrogen-bond acceptors (Lipinski definition) is 4. The summed E-state index contributed by atoms with van der Waals surface area (Å²) in [6.45, 7) is 6.49. The first-order valence-electron chi connectivity index (χ1n) is 9.07. The van der Waals surface area contributed by atoms with Crippen LogP contribution in [0.15, 0.2) is 18.2 Å². The minimum atomic E-state index is -0.552. The topological polar surface area (TPSA) is 65.1 Å². The molecule has 148 valence electrons. The number of carbonyl (C=O) groups excluding carboxylic acids is 2. The SMILES string of the molecule is CC(NC(=O)N1CCN(c2ccc(Cl)c(Cl)c2)CC1)C(=O)N1CCOCC1. The number of benzene rings is 1. The predicted octanol–water partition coefficient (Wildman–Crippen LogP) is 2.07. The van der Waals surface area contributed by atoms with Crippen LogP contribution in [0.3, 0.4) is 0 Å². The van der Waals surface area contributed by atoms with Crippen LogP contribution in [0.2, 0.25) is 10.0 Å². The van der Waals surface area contributed by atoms with Gasteiger partial charge in [0.05, 0.1) is 23.3 Å². The van der Waals surface area contributed by atoms with Crippen LogP contribution in [0.25, 0.3) is 0 Å². The molecule has 0 radical (unpaired) electrons. The number of hydrogen-bond donors (Lipinski definition) is 1. The number of morpholine rings is 1. The Bertz CT molecular complexity index is 689. The fourth-order valence-electron chi connectivity index (χ4n) is 3.25. The van der Waals surface area contributed by atoms with Crippen molar-refractivity contribution in [2.24, 2.45) is 0 Å². The lowest BCUT2D eigenvalue weighted by atomic mass is 10.2. The number of halogens is 2. The van der Waals surface area contributed by atoms with E-state index < -0.39 is 6.04 Å². The van der Waals surface area contributed by atoms with Crippen molar-refractivity contribution < 1.29 is 14.3 Å². The number of rotatable bonds is 3. The van der Waals surface area contributed by atoms with Crippen LogP contribution in [0.5, 0.6) is 0 Å². The molecule has 1 N–H and O–H groups in total. The Hall–Kier alpha value is -1.70. The minimum Gasteiger partial charge on any atom is -0.378 e. The van der Waals surface area contributed by atoms with Crippen LogP contribution in [-0.4, -0.2) is 80.3 Å². The molecule has 7 nitrogen and oxygen atoms in total. The van der Waals surface area contributed by atoms with E-state index >= 15 is 0 Å². The molecular formula is C18H24Cl2N4O3. The molecular weight excluding hydrogens is 391 g/mol. The van der Waals surface area contributed by atoms with E-state index in [1.54, 1.807) is 22.8 Å². The van der Waals surface area contributed by atoms with Gasteiger partial charge in [-0.2, -0.15) is 0 Å². The number of urea groups is 1. The van der Waals surface area contributed by atoms with Gasteiger partial charge >= 0.3 is 6.03 Å². The van der Waals surface area contributed by atoms with E-state index in [4.69, 9.17) is 27.9 Å². The normalized spacial score (nSPS) is 19.0. The van der Waals surface area contributed by atoms with Gasteiger partial charge in [0.2, 0.25) is 5.91 Å². The molecule has 0 aromatic heterocycles. The second-order valence-electron chi connectivity index (χ2n) is 6.68. The third-order valence-corrected chi connectivity index (χ3v) is 5.61. The van der Waals surface area contributed by atoms with E-state index in [0.29, 0.717) is 62.5 Å². The number of piperazine rings is 1. The summed E-state index contributed by atoms with van der Waals surface area (Å²) in [5, 5.41) is 3.86. The molecule has 1 aromatic carbocycles. The highest BCUT2D eigenvalue weighted by Gasteiger charge is 2.27. The Morgan fingerprint density at radius 3 is 2.30 bits per heavy atom. The second kappa shape index (κ2) is 8.99. The molecule has 9 heteroatoms. The molecule has 1 atom stereocenters. The lowest BCUT2D eigenvalue weighted by molar-refractivity contribution is -0.136. The summed E-state index contributed by atoms with van der Waals surface area (Å²) in [6, 6.07) is 4.77. The first kappa shape index (κ1) is 20.0. The predicted molar refractivity (Wildman–Crippen MR) is 106 cm³/mol. The number of nitrogens with zero attached hydrogens (tertiary/aromatic N) is 3. The fourth-order valence-corrected chi connectivity index (χ4v) is 3.54. The molecule has 2 aliphatic rings. The Labute approximate surface area is 169 Å². The van der Waals surface area contributed by atoms with E-state index in [9.17, 15) is 9.59 Å². The Kier molecular flexibility index (Phi) is 6.68. The van der Waals surface area contributed by atoms with Gasteiger partial charge in [-0.15, -0.1) is 0 Å². The van der Waals surface area contributed by atoms with Gasteiger partial charge in [0.1, 0.15) is 6.04 Å². The Morgan fingerprint density at radius 2 is 1.67 bits per heavy atom. The summed E-state index contributed by atoms with van der Waals surface area (Å²) in [7, 11) is 0. The molecule has 27 heavy (non-hydrogen) atoms. The van der Waals surface area contributed by atoms with Gasteiger partial charge in [0, 0.05) is 45.0 Å². The molecule has 0 aliphatic carbocycles. The third kappa shape index (κ3) is 4.97. The number of amides is 3. The number of ether oxygens (including phenoxy) is 1. The second-order valence-corrected chi connectivity index (χ2v) is 7.50. The van der Waals surface area contributed by atoms with E-state index in [2.05, 4.69) is 10.2 Å². The summed E-state index contributed by atoms with van der Waals surface area (Å²) < 4.78 is 5.26. The standard InChI is InChI=1S/C18H24Cl2N4O3/c1-13(17(25)23-8-10-27-11-9-23)21-18(26)24-6-4-22(5-7-24)14-2-3-15(19)16(20)12-14/h2-3,12-13H,4-11H2,1H3,(H,21,26).